The number of benzene rings is 1. The number of hydrogen-bond donors (Lipinski definition) is 2. The second-order valence-electron chi connectivity index (χ2n) is 5.31. The first-order valence-electron chi connectivity index (χ1n) is 5.95. The van der Waals surface area contributed by atoms with Crippen LogP contribution in [0.4, 0.5) is 4.79 Å². The molecule has 0 aliphatic carbocycles. The number of aromatic nitrogens is 2. The fraction of sp³-hybridized carbons (Fsp3) is 0.308. The lowest BCUT2D eigenvalue weighted by Gasteiger charge is -2.22. The highest BCUT2D eigenvalue weighted by Gasteiger charge is 2.21. The van der Waals surface area contributed by atoms with Crippen molar-refractivity contribution in [1.82, 2.24) is 10.1 Å². The van der Waals surface area contributed by atoms with Gasteiger partial charge >= 0.3 is 10.9 Å². The molecule has 7 heteroatoms. The van der Waals surface area contributed by atoms with Crippen molar-refractivity contribution in [3.05, 3.63) is 28.6 Å². The Morgan fingerprint density at radius 1 is 1.45 bits per heavy atom. The van der Waals surface area contributed by atoms with E-state index in [1.165, 1.54) is 0 Å². The third kappa shape index (κ3) is 3.05. The molecule has 20 heavy (non-hydrogen) atoms. The molecule has 1 aromatic heterocycles. The molecule has 0 radical (unpaired) electrons. The van der Waals surface area contributed by atoms with E-state index in [9.17, 15) is 4.79 Å². The van der Waals surface area contributed by atoms with Crippen LogP contribution in [0, 0.1) is 4.84 Å². The van der Waals surface area contributed by atoms with Crippen LogP contribution >= 0.6 is 12.2 Å². The van der Waals surface area contributed by atoms with Crippen molar-refractivity contribution in [3.8, 4) is 17.1 Å². The van der Waals surface area contributed by atoms with Crippen LogP contribution < -0.4 is 10.5 Å². The zero-order chi connectivity index (χ0) is 14.9. The smallest absolute Gasteiger partial charge is 0.409 e. The van der Waals surface area contributed by atoms with Crippen LogP contribution in [0.15, 0.2) is 22.7 Å². The van der Waals surface area contributed by atoms with Crippen LogP contribution in [0.25, 0.3) is 11.4 Å². The molecule has 2 aromatic rings. The number of ether oxygens (including phenoxy) is 1. The summed E-state index contributed by atoms with van der Waals surface area (Å²) in [5.74, 6) is 0.946. The van der Waals surface area contributed by atoms with Gasteiger partial charge in [0.25, 0.3) is 0 Å². The third-order valence-electron chi connectivity index (χ3n) is 2.71. The molecular formula is C13H15N3O3S. The van der Waals surface area contributed by atoms with Crippen molar-refractivity contribution in [2.24, 2.45) is 5.73 Å². The molecule has 0 unspecified atom stereocenters. The number of nitrogens with zero attached hydrogens (tertiary/aromatic N) is 1. The van der Waals surface area contributed by atoms with E-state index in [-0.39, 0.29) is 10.3 Å². The van der Waals surface area contributed by atoms with E-state index in [0.717, 1.165) is 11.1 Å². The lowest BCUT2D eigenvalue weighted by molar-refractivity contribution is 0.210. The average molecular weight is 293 g/mol. The van der Waals surface area contributed by atoms with Crippen molar-refractivity contribution in [2.45, 2.75) is 26.2 Å². The minimum atomic E-state index is -0.843. The number of aromatic amines is 1. The van der Waals surface area contributed by atoms with Gasteiger partial charge in [0.15, 0.2) is 5.82 Å². The largest absolute Gasteiger partial charge is 0.410 e. The zero-order valence-electron chi connectivity index (χ0n) is 11.4. The van der Waals surface area contributed by atoms with Gasteiger partial charge in [-0.05, 0) is 35.8 Å². The van der Waals surface area contributed by atoms with E-state index in [2.05, 4.69) is 10.1 Å². The van der Waals surface area contributed by atoms with E-state index in [4.69, 9.17) is 27.2 Å². The monoisotopic (exact) mass is 293 g/mol. The molecule has 106 valence electrons. The molecular weight excluding hydrogens is 278 g/mol. The van der Waals surface area contributed by atoms with Gasteiger partial charge in [0.1, 0.15) is 5.75 Å². The van der Waals surface area contributed by atoms with E-state index < -0.39 is 6.09 Å². The molecule has 1 amide bonds. The molecule has 1 aromatic carbocycles. The predicted octanol–water partition coefficient (Wildman–Crippen LogP) is 3.15. The average Bonchev–Trinajstić information content (AvgIpc) is 2.74. The molecule has 0 spiro atoms. The lowest BCUT2D eigenvalue weighted by Crippen LogP contribution is -2.20. The first kappa shape index (κ1) is 14.3. The Morgan fingerprint density at radius 3 is 2.65 bits per heavy atom. The van der Waals surface area contributed by atoms with Gasteiger partial charge in [0.05, 0.1) is 0 Å². The highest BCUT2D eigenvalue weighted by atomic mass is 32.1. The number of hydrogen-bond acceptors (Lipinski definition) is 5. The second-order valence-corrected chi connectivity index (χ2v) is 5.66. The molecule has 0 bridgehead atoms. The zero-order valence-corrected chi connectivity index (χ0v) is 12.2. The molecule has 0 aliphatic rings. The summed E-state index contributed by atoms with van der Waals surface area (Å²) in [6.45, 7) is 6.01. The number of carbonyl (C=O) groups is 1. The fourth-order valence-electron chi connectivity index (χ4n) is 1.81. The lowest BCUT2D eigenvalue weighted by atomic mass is 9.85. The second kappa shape index (κ2) is 5.09. The van der Waals surface area contributed by atoms with Gasteiger partial charge in [-0.1, -0.05) is 20.8 Å². The van der Waals surface area contributed by atoms with Gasteiger partial charge in [-0.15, -0.1) is 0 Å². The number of nitrogens with two attached hydrogens (primary N) is 1. The van der Waals surface area contributed by atoms with Crippen LogP contribution in [-0.2, 0) is 5.41 Å². The van der Waals surface area contributed by atoms with E-state index in [1.807, 2.05) is 26.8 Å². The van der Waals surface area contributed by atoms with Crippen LogP contribution in [-0.4, -0.2) is 16.2 Å². The number of H-pyrrole nitrogens is 1. The van der Waals surface area contributed by atoms with Crippen LogP contribution in [0.5, 0.6) is 5.75 Å². The molecule has 6 nitrogen and oxygen atoms in total. The summed E-state index contributed by atoms with van der Waals surface area (Å²) in [7, 11) is 0. The van der Waals surface area contributed by atoms with Crippen molar-refractivity contribution in [2.75, 3.05) is 0 Å². The fourth-order valence-corrected chi connectivity index (χ4v) is 1.95. The van der Waals surface area contributed by atoms with Crippen molar-refractivity contribution in [3.63, 3.8) is 0 Å². The van der Waals surface area contributed by atoms with Crippen LogP contribution in [0.1, 0.15) is 26.3 Å². The summed E-state index contributed by atoms with van der Waals surface area (Å²) < 4.78 is 9.94. The van der Waals surface area contributed by atoms with Gasteiger partial charge in [-0.25, -0.2) is 9.95 Å². The first-order chi connectivity index (χ1) is 9.27. The maximum Gasteiger partial charge on any atom is 0.409 e. The van der Waals surface area contributed by atoms with Gasteiger partial charge in [0.2, 0.25) is 0 Å². The molecule has 0 saturated carbocycles. The van der Waals surface area contributed by atoms with Gasteiger partial charge in [-0.2, -0.15) is 4.98 Å². The van der Waals surface area contributed by atoms with Gasteiger partial charge in [-0.3, -0.25) is 0 Å². The highest BCUT2D eigenvalue weighted by molar-refractivity contribution is 7.71. The maximum atomic E-state index is 11.0. The summed E-state index contributed by atoms with van der Waals surface area (Å²) in [6, 6.07) is 5.28. The number of primary amides is 1. The summed E-state index contributed by atoms with van der Waals surface area (Å²) in [6.07, 6.45) is -0.843. The van der Waals surface area contributed by atoms with Crippen molar-refractivity contribution < 1.29 is 14.1 Å². The Kier molecular flexibility index (Phi) is 3.63. The normalized spacial score (nSPS) is 11.3. The van der Waals surface area contributed by atoms with E-state index in [0.29, 0.717) is 11.6 Å². The Hall–Kier alpha value is -2.15. The number of nitrogens with one attached hydrogen (secondary N) is 1. The Morgan fingerprint density at radius 2 is 2.15 bits per heavy atom. The van der Waals surface area contributed by atoms with E-state index >= 15 is 0 Å². The quantitative estimate of drug-likeness (QED) is 0.829. The Balaban J connectivity index is 2.54. The topological polar surface area (TPSA) is 94.1 Å². The molecule has 3 N–H and O–H groups in total. The number of rotatable bonds is 2. The minimum Gasteiger partial charge on any atom is -0.410 e. The molecule has 0 aliphatic heterocycles. The molecule has 0 saturated heterocycles. The van der Waals surface area contributed by atoms with Crippen LogP contribution in [0.2, 0.25) is 0 Å². The van der Waals surface area contributed by atoms with Gasteiger partial charge in [0, 0.05) is 11.1 Å². The number of amides is 1. The summed E-state index contributed by atoms with van der Waals surface area (Å²) >= 11 is 4.83. The molecule has 1 heterocycles. The standard InChI is InChI=1S/C13H15N3O3S/c1-13(2,3)8-6-7(10-15-12(20)19-16-10)4-5-9(8)18-11(14)17/h4-6H,1-3H3,(H2,14,17)(H,15,16,20). The van der Waals surface area contributed by atoms with Crippen LogP contribution in [0.3, 0.4) is 0 Å². The summed E-state index contributed by atoms with van der Waals surface area (Å²) in [4.78, 5) is 15.1. The van der Waals surface area contributed by atoms with Crippen molar-refractivity contribution >= 4 is 18.3 Å². The van der Waals surface area contributed by atoms with Crippen molar-refractivity contribution in [1.29, 1.82) is 0 Å². The predicted molar refractivity (Wildman–Crippen MR) is 76.0 cm³/mol. The molecule has 0 fully saturated rings. The summed E-state index contributed by atoms with van der Waals surface area (Å²) in [5, 5.41) is 2.64. The Bertz CT molecular complexity index is 697. The maximum absolute atomic E-state index is 11.0. The SMILES string of the molecule is CC(C)(C)c1cc(-c2nc(=S)o[nH]2)ccc1OC(N)=O. The van der Waals surface area contributed by atoms with E-state index in [1.54, 1.807) is 12.1 Å². The minimum absolute atomic E-state index is 0.134. The highest BCUT2D eigenvalue weighted by Crippen LogP contribution is 2.34. The third-order valence-corrected chi connectivity index (χ3v) is 2.88. The number of carbonyl (C=O) groups excluding carboxylic acids is 1. The first-order valence-corrected chi connectivity index (χ1v) is 6.36. The van der Waals surface area contributed by atoms with Gasteiger partial charge < -0.3 is 15.0 Å². The molecule has 2 rings (SSSR count). The summed E-state index contributed by atoms with van der Waals surface area (Å²) in [5.41, 5.74) is 6.46. The Labute approximate surface area is 120 Å². The molecule has 0 atom stereocenters.